The van der Waals surface area contributed by atoms with E-state index in [4.69, 9.17) is 18.9 Å². The van der Waals surface area contributed by atoms with Gasteiger partial charge in [0.1, 0.15) is 13.2 Å². The van der Waals surface area contributed by atoms with Crippen LogP contribution >= 0.6 is 0 Å². The highest BCUT2D eigenvalue weighted by molar-refractivity contribution is 5.71. The van der Waals surface area contributed by atoms with Gasteiger partial charge in [-0.3, -0.25) is 9.59 Å². The van der Waals surface area contributed by atoms with Gasteiger partial charge in [-0.05, 0) is 57.8 Å². The summed E-state index contributed by atoms with van der Waals surface area (Å²) >= 11 is 0. The first-order chi connectivity index (χ1) is 32.1. The van der Waals surface area contributed by atoms with Crippen molar-refractivity contribution in [2.75, 3.05) is 47.5 Å². The zero-order chi connectivity index (χ0) is 48.4. The second-order valence-corrected chi connectivity index (χ2v) is 19.2. The minimum atomic E-state index is -1.51. The SMILES string of the molecule is CC/C=C\C/C=C\C/C=C\C/C=C\C/C=C\CCCCCCCCCC(=O)OC(COC(=O)CCCCCCCCCCCCCCCCCCCC)COC(OCC[N+](C)(C)C)C(=O)O. The fraction of sp³-hybridized carbons (Fsp3) is 0.772. The van der Waals surface area contributed by atoms with Crippen molar-refractivity contribution in [1.29, 1.82) is 0 Å². The molecule has 9 heteroatoms. The zero-order valence-corrected chi connectivity index (χ0v) is 43.3. The number of likely N-dealkylation sites (N-methyl/N-ethyl adjacent to an activating group) is 1. The number of carboxylic acids is 1. The fourth-order valence-corrected chi connectivity index (χ4v) is 7.39. The Hall–Kier alpha value is -3.01. The van der Waals surface area contributed by atoms with Crippen molar-refractivity contribution in [1.82, 2.24) is 0 Å². The van der Waals surface area contributed by atoms with E-state index in [1.807, 2.05) is 21.1 Å². The molecule has 0 saturated carbocycles. The summed E-state index contributed by atoms with van der Waals surface area (Å²) < 4.78 is 22.8. The Morgan fingerprint density at radius 3 is 1.29 bits per heavy atom. The molecule has 0 aliphatic rings. The van der Waals surface area contributed by atoms with Crippen LogP contribution in [0.1, 0.15) is 226 Å². The van der Waals surface area contributed by atoms with E-state index in [1.165, 1.54) is 116 Å². The number of nitrogens with zero attached hydrogens (tertiary/aromatic N) is 1. The number of rotatable bonds is 49. The van der Waals surface area contributed by atoms with Crippen LogP contribution in [0.25, 0.3) is 0 Å². The third-order valence-electron chi connectivity index (χ3n) is 11.5. The Labute approximate surface area is 405 Å². The molecule has 382 valence electrons. The number of esters is 2. The van der Waals surface area contributed by atoms with Gasteiger partial charge < -0.3 is 28.5 Å². The van der Waals surface area contributed by atoms with Gasteiger partial charge in [0.2, 0.25) is 0 Å². The molecular formula is C57H102NO8+. The molecule has 1 N–H and O–H groups in total. The molecule has 0 bridgehead atoms. The average Bonchev–Trinajstić information content (AvgIpc) is 3.28. The molecule has 0 amide bonds. The van der Waals surface area contributed by atoms with Crippen LogP contribution in [0, 0.1) is 0 Å². The predicted molar refractivity (Wildman–Crippen MR) is 276 cm³/mol. The second kappa shape index (κ2) is 48.4. The Kier molecular flexibility index (Phi) is 46.2. The summed E-state index contributed by atoms with van der Waals surface area (Å²) in [5, 5.41) is 9.68. The Bertz CT molecular complexity index is 1270. The summed E-state index contributed by atoms with van der Waals surface area (Å²) in [6, 6.07) is 0. The molecule has 0 aliphatic carbocycles. The van der Waals surface area contributed by atoms with Gasteiger partial charge in [0, 0.05) is 12.8 Å². The van der Waals surface area contributed by atoms with Crippen LogP contribution in [0.5, 0.6) is 0 Å². The summed E-state index contributed by atoms with van der Waals surface area (Å²) in [5.41, 5.74) is 0. The molecule has 0 radical (unpaired) electrons. The van der Waals surface area contributed by atoms with E-state index in [1.54, 1.807) is 0 Å². The van der Waals surface area contributed by atoms with Crippen LogP contribution in [0.3, 0.4) is 0 Å². The quantitative estimate of drug-likeness (QED) is 0.0211. The Morgan fingerprint density at radius 2 is 0.864 bits per heavy atom. The van der Waals surface area contributed by atoms with Crippen molar-refractivity contribution in [2.45, 2.75) is 238 Å². The lowest BCUT2D eigenvalue weighted by Crippen LogP contribution is -2.40. The monoisotopic (exact) mass is 929 g/mol. The van der Waals surface area contributed by atoms with Crippen molar-refractivity contribution in [2.24, 2.45) is 0 Å². The molecule has 0 aromatic carbocycles. The number of ether oxygens (including phenoxy) is 4. The smallest absolute Gasteiger partial charge is 0.361 e. The van der Waals surface area contributed by atoms with E-state index < -0.39 is 24.3 Å². The molecule has 0 rings (SSSR count). The maximum Gasteiger partial charge on any atom is 0.361 e. The number of hydrogen-bond acceptors (Lipinski definition) is 7. The van der Waals surface area contributed by atoms with Crippen molar-refractivity contribution in [3.8, 4) is 0 Å². The van der Waals surface area contributed by atoms with Gasteiger partial charge in [0.15, 0.2) is 6.10 Å². The van der Waals surface area contributed by atoms with Crippen molar-refractivity contribution in [3.63, 3.8) is 0 Å². The van der Waals surface area contributed by atoms with Crippen LogP contribution in [0.4, 0.5) is 0 Å². The first-order valence-corrected chi connectivity index (χ1v) is 27.0. The van der Waals surface area contributed by atoms with Crippen LogP contribution in [-0.4, -0.2) is 87.4 Å². The highest BCUT2D eigenvalue weighted by atomic mass is 16.7. The van der Waals surface area contributed by atoms with Crippen molar-refractivity contribution in [3.05, 3.63) is 60.8 Å². The summed E-state index contributed by atoms with van der Waals surface area (Å²) in [6.07, 6.45) is 57.1. The van der Waals surface area contributed by atoms with Gasteiger partial charge in [-0.15, -0.1) is 0 Å². The molecule has 0 saturated heterocycles. The Balaban J connectivity index is 4.33. The van der Waals surface area contributed by atoms with E-state index >= 15 is 0 Å². The molecule has 0 aromatic heterocycles. The molecule has 2 atom stereocenters. The van der Waals surface area contributed by atoms with E-state index in [-0.39, 0.29) is 32.2 Å². The van der Waals surface area contributed by atoms with Crippen molar-refractivity contribution >= 4 is 17.9 Å². The lowest BCUT2D eigenvalue weighted by molar-refractivity contribution is -0.870. The normalized spacial score (nSPS) is 13.3. The largest absolute Gasteiger partial charge is 0.477 e. The van der Waals surface area contributed by atoms with Gasteiger partial charge in [-0.1, -0.05) is 216 Å². The van der Waals surface area contributed by atoms with Gasteiger partial charge in [-0.25, -0.2) is 4.79 Å². The molecule has 0 aliphatic heterocycles. The number of hydrogen-bond donors (Lipinski definition) is 1. The maximum absolute atomic E-state index is 12.8. The lowest BCUT2D eigenvalue weighted by atomic mass is 10.0. The molecular weight excluding hydrogens is 827 g/mol. The number of carbonyl (C=O) groups is 3. The van der Waals surface area contributed by atoms with E-state index in [0.29, 0.717) is 23.9 Å². The third-order valence-corrected chi connectivity index (χ3v) is 11.5. The van der Waals surface area contributed by atoms with E-state index in [9.17, 15) is 19.5 Å². The Morgan fingerprint density at radius 1 is 0.470 bits per heavy atom. The standard InChI is InChI=1S/C57H101NO8/c1-6-8-10-12-14-16-18-20-22-24-26-27-28-29-30-32-34-36-38-40-42-44-46-48-55(60)66-53(52-65-57(56(61)62)63-50-49-58(3,4)5)51-64-54(59)47-45-43-41-39-37-35-33-31-25-23-21-19-17-15-13-11-9-7-2/h8,10,14,16,20,22,26-27,29-30,53,57H,6-7,9,11-13,15,17-19,21,23-25,28,31-52H2,1-5H3/p+1/b10-8-,16-14-,22-20-,27-26-,30-29-. The topological polar surface area (TPSA) is 108 Å². The summed E-state index contributed by atoms with van der Waals surface area (Å²) in [6.45, 7) is 4.77. The second-order valence-electron chi connectivity index (χ2n) is 19.2. The molecule has 0 spiro atoms. The number of quaternary nitrogens is 1. The van der Waals surface area contributed by atoms with Crippen molar-refractivity contribution < 1.29 is 42.9 Å². The molecule has 9 nitrogen and oxygen atoms in total. The van der Waals surface area contributed by atoms with Crippen LogP contribution in [0.2, 0.25) is 0 Å². The van der Waals surface area contributed by atoms with E-state index in [0.717, 1.165) is 77.0 Å². The first kappa shape index (κ1) is 63.0. The summed E-state index contributed by atoms with van der Waals surface area (Å²) in [7, 11) is 5.96. The molecule has 2 unspecified atom stereocenters. The highest BCUT2D eigenvalue weighted by Crippen LogP contribution is 2.16. The van der Waals surface area contributed by atoms with Crippen LogP contribution in [-0.2, 0) is 33.3 Å². The van der Waals surface area contributed by atoms with Gasteiger partial charge in [-0.2, -0.15) is 0 Å². The van der Waals surface area contributed by atoms with E-state index in [2.05, 4.69) is 74.6 Å². The maximum atomic E-state index is 12.8. The number of carboxylic acid groups (broad SMARTS) is 1. The number of allylic oxidation sites excluding steroid dienone is 10. The minimum absolute atomic E-state index is 0.184. The van der Waals surface area contributed by atoms with Gasteiger partial charge in [0.25, 0.3) is 6.29 Å². The predicted octanol–water partition coefficient (Wildman–Crippen LogP) is 15.3. The third kappa shape index (κ3) is 48.9. The number of unbranched alkanes of at least 4 members (excludes halogenated alkanes) is 24. The van der Waals surface area contributed by atoms with Gasteiger partial charge >= 0.3 is 17.9 Å². The number of carbonyl (C=O) groups excluding carboxylic acids is 2. The highest BCUT2D eigenvalue weighted by Gasteiger charge is 2.25. The molecule has 66 heavy (non-hydrogen) atoms. The first-order valence-electron chi connectivity index (χ1n) is 27.0. The van der Waals surface area contributed by atoms with Crippen LogP contribution < -0.4 is 0 Å². The zero-order valence-electron chi connectivity index (χ0n) is 43.3. The summed E-state index contributed by atoms with van der Waals surface area (Å²) in [5.74, 6) is -2.01. The molecule has 0 fully saturated rings. The number of aliphatic carboxylic acids is 1. The fourth-order valence-electron chi connectivity index (χ4n) is 7.39. The van der Waals surface area contributed by atoms with Gasteiger partial charge in [0.05, 0.1) is 34.4 Å². The lowest BCUT2D eigenvalue weighted by Gasteiger charge is -2.25. The minimum Gasteiger partial charge on any atom is -0.477 e. The van der Waals surface area contributed by atoms with Crippen LogP contribution in [0.15, 0.2) is 60.8 Å². The average molecular weight is 929 g/mol. The molecule has 0 aromatic rings. The summed E-state index contributed by atoms with van der Waals surface area (Å²) in [4.78, 5) is 37.3. The molecule has 0 heterocycles.